The van der Waals surface area contributed by atoms with E-state index in [1.807, 2.05) is 22.4 Å². The lowest BCUT2D eigenvalue weighted by atomic mass is 10.0. The van der Waals surface area contributed by atoms with Gasteiger partial charge in [0.15, 0.2) is 5.16 Å². The van der Waals surface area contributed by atoms with Gasteiger partial charge in [-0.3, -0.25) is 14.2 Å². The smallest absolute Gasteiger partial charge is 0.276 e. The predicted octanol–water partition coefficient (Wildman–Crippen LogP) is 4.59. The van der Waals surface area contributed by atoms with E-state index in [1.165, 1.54) is 29.5 Å². The van der Waals surface area contributed by atoms with Crippen molar-refractivity contribution in [1.82, 2.24) is 14.5 Å². The molecular formula is C20H20ClN3O2S2. The fourth-order valence-electron chi connectivity index (χ4n) is 3.51. The Morgan fingerprint density at radius 2 is 2.21 bits per heavy atom. The topological polar surface area (TPSA) is 55.2 Å². The van der Waals surface area contributed by atoms with Gasteiger partial charge < -0.3 is 4.90 Å². The maximum Gasteiger partial charge on any atom is 0.276 e. The molecule has 1 fully saturated rings. The average molecular weight is 434 g/mol. The Hall–Kier alpha value is -1.83. The largest absolute Gasteiger partial charge is 0.339 e. The third kappa shape index (κ3) is 3.83. The highest BCUT2D eigenvalue weighted by Gasteiger charge is 2.24. The number of thioether (sulfide) groups is 1. The van der Waals surface area contributed by atoms with Gasteiger partial charge in [-0.25, -0.2) is 4.98 Å². The van der Waals surface area contributed by atoms with Crippen molar-refractivity contribution in [3.63, 3.8) is 0 Å². The van der Waals surface area contributed by atoms with Crippen LogP contribution in [-0.2, 0) is 4.79 Å². The first kappa shape index (κ1) is 19.5. The number of hydrogen-bond acceptors (Lipinski definition) is 5. The van der Waals surface area contributed by atoms with Crippen LogP contribution in [0.3, 0.4) is 0 Å². The zero-order valence-corrected chi connectivity index (χ0v) is 17.8. The Morgan fingerprint density at radius 3 is 3.00 bits per heavy atom. The zero-order chi connectivity index (χ0) is 19.7. The van der Waals surface area contributed by atoms with Crippen molar-refractivity contribution >= 4 is 50.8 Å². The first-order chi connectivity index (χ1) is 13.5. The molecule has 0 radical (unpaired) electrons. The molecule has 1 atom stereocenters. The van der Waals surface area contributed by atoms with Crippen LogP contribution in [-0.4, -0.2) is 38.7 Å². The first-order valence-electron chi connectivity index (χ1n) is 9.23. The number of carbonyl (C=O) groups is 1. The minimum Gasteiger partial charge on any atom is -0.339 e. The number of carbonyl (C=O) groups excluding carboxylic acids is 1. The molecule has 28 heavy (non-hydrogen) atoms. The minimum atomic E-state index is -0.136. The molecule has 0 spiro atoms. The van der Waals surface area contributed by atoms with Crippen molar-refractivity contribution in [3.05, 3.63) is 51.1 Å². The van der Waals surface area contributed by atoms with E-state index in [1.54, 1.807) is 22.8 Å². The Labute approximate surface area is 176 Å². The van der Waals surface area contributed by atoms with Gasteiger partial charge in [-0.2, -0.15) is 0 Å². The summed E-state index contributed by atoms with van der Waals surface area (Å²) in [7, 11) is 0. The number of halogens is 1. The molecule has 4 rings (SSSR count). The van der Waals surface area contributed by atoms with E-state index in [4.69, 9.17) is 11.6 Å². The number of hydrogen-bond donors (Lipinski definition) is 0. The molecule has 1 aliphatic rings. The summed E-state index contributed by atoms with van der Waals surface area (Å²) in [6, 6.07) is 9.24. The van der Waals surface area contributed by atoms with Crippen LogP contribution in [0.4, 0.5) is 0 Å². The fraction of sp³-hybridized carbons (Fsp3) is 0.350. The molecule has 0 bridgehead atoms. The summed E-state index contributed by atoms with van der Waals surface area (Å²) in [5, 5.41) is 2.91. The number of amides is 1. The van der Waals surface area contributed by atoms with Crippen molar-refractivity contribution in [1.29, 1.82) is 0 Å². The third-order valence-corrected chi connectivity index (χ3v) is 7.01. The second-order valence-electron chi connectivity index (χ2n) is 6.87. The normalized spacial score (nSPS) is 17.2. The molecule has 8 heteroatoms. The highest BCUT2D eigenvalue weighted by atomic mass is 35.5. The van der Waals surface area contributed by atoms with E-state index in [0.29, 0.717) is 26.1 Å². The number of piperidine rings is 1. The number of fused-ring (bicyclic) bond motifs is 1. The first-order valence-corrected chi connectivity index (χ1v) is 11.5. The van der Waals surface area contributed by atoms with E-state index < -0.39 is 0 Å². The molecule has 0 N–H and O–H groups in total. The second-order valence-corrected chi connectivity index (χ2v) is 9.17. The van der Waals surface area contributed by atoms with Crippen LogP contribution in [0.15, 0.2) is 45.7 Å². The zero-order valence-electron chi connectivity index (χ0n) is 15.4. The van der Waals surface area contributed by atoms with E-state index >= 15 is 0 Å². The molecule has 3 aromatic rings. The summed E-state index contributed by atoms with van der Waals surface area (Å²) in [5.74, 6) is 0.349. The highest BCUT2D eigenvalue weighted by molar-refractivity contribution is 7.99. The number of rotatable bonds is 4. The van der Waals surface area contributed by atoms with Gasteiger partial charge in [0.2, 0.25) is 5.91 Å². The van der Waals surface area contributed by atoms with Crippen molar-refractivity contribution in [2.75, 3.05) is 12.3 Å². The number of likely N-dealkylation sites (tertiary alicyclic amines) is 1. The van der Waals surface area contributed by atoms with Gasteiger partial charge in [-0.05, 0) is 55.8 Å². The number of thiophene rings is 1. The Kier molecular flexibility index (Phi) is 5.75. The maximum absolute atomic E-state index is 13.1. The van der Waals surface area contributed by atoms with Gasteiger partial charge in [-0.1, -0.05) is 29.4 Å². The lowest BCUT2D eigenvalue weighted by molar-refractivity contribution is -0.131. The van der Waals surface area contributed by atoms with E-state index in [9.17, 15) is 9.59 Å². The van der Waals surface area contributed by atoms with E-state index in [0.717, 1.165) is 19.4 Å². The fourth-order valence-corrected chi connectivity index (χ4v) is 5.35. The number of aromatic nitrogens is 2. The van der Waals surface area contributed by atoms with Crippen molar-refractivity contribution in [3.8, 4) is 5.69 Å². The molecule has 3 heterocycles. The summed E-state index contributed by atoms with van der Waals surface area (Å²) in [6.45, 7) is 2.90. The summed E-state index contributed by atoms with van der Waals surface area (Å²) >= 11 is 8.82. The summed E-state index contributed by atoms with van der Waals surface area (Å²) in [5.41, 5.74) is 1.18. The molecule has 2 aromatic heterocycles. The Morgan fingerprint density at radius 1 is 1.36 bits per heavy atom. The molecule has 146 valence electrons. The van der Waals surface area contributed by atoms with Gasteiger partial charge in [0.25, 0.3) is 5.56 Å². The van der Waals surface area contributed by atoms with Crippen LogP contribution in [0.2, 0.25) is 5.02 Å². The molecule has 0 saturated carbocycles. The molecule has 1 aromatic carbocycles. The number of nitrogens with zero attached hydrogens (tertiary/aromatic N) is 3. The molecule has 1 amide bonds. The lowest BCUT2D eigenvalue weighted by Crippen LogP contribution is -2.43. The van der Waals surface area contributed by atoms with Crippen molar-refractivity contribution < 1.29 is 4.79 Å². The summed E-state index contributed by atoms with van der Waals surface area (Å²) in [4.78, 5) is 32.5. The summed E-state index contributed by atoms with van der Waals surface area (Å²) < 4.78 is 2.16. The van der Waals surface area contributed by atoms with E-state index in [2.05, 4.69) is 11.9 Å². The van der Waals surface area contributed by atoms with E-state index in [-0.39, 0.29) is 23.3 Å². The Bertz CT molecular complexity index is 1080. The van der Waals surface area contributed by atoms with Crippen LogP contribution in [0.1, 0.15) is 26.2 Å². The van der Waals surface area contributed by atoms with Crippen molar-refractivity contribution in [2.24, 2.45) is 0 Å². The van der Waals surface area contributed by atoms with Crippen LogP contribution in [0.25, 0.3) is 15.9 Å². The van der Waals surface area contributed by atoms with Crippen molar-refractivity contribution in [2.45, 2.75) is 37.4 Å². The quantitative estimate of drug-likeness (QED) is 0.446. The van der Waals surface area contributed by atoms with Gasteiger partial charge in [0.05, 0.1) is 17.0 Å². The van der Waals surface area contributed by atoms with Crippen LogP contribution >= 0.6 is 34.7 Å². The van der Waals surface area contributed by atoms with Gasteiger partial charge >= 0.3 is 0 Å². The van der Waals surface area contributed by atoms with Gasteiger partial charge in [0, 0.05) is 17.6 Å². The standard InChI is InChI=1S/C20H20ClN3O2S2/c1-13-5-2-3-9-23(13)17(25)12-28-20-22-16-8-10-27-18(16)19(26)24(20)15-7-4-6-14(21)11-15/h4,6-8,10-11,13H,2-3,5,9,12H2,1H3/t13-/m1/s1. The minimum absolute atomic E-state index is 0.0921. The molecule has 0 unspecified atom stereocenters. The number of benzene rings is 1. The third-order valence-electron chi connectivity index (χ3n) is 4.96. The predicted molar refractivity (Wildman–Crippen MR) is 116 cm³/mol. The van der Waals surface area contributed by atoms with Gasteiger partial charge in [-0.15, -0.1) is 11.3 Å². The molecular weight excluding hydrogens is 414 g/mol. The maximum atomic E-state index is 13.1. The van der Waals surface area contributed by atoms with Crippen LogP contribution in [0.5, 0.6) is 0 Å². The lowest BCUT2D eigenvalue weighted by Gasteiger charge is -2.33. The monoisotopic (exact) mass is 433 g/mol. The molecule has 0 aliphatic carbocycles. The second kappa shape index (κ2) is 8.27. The van der Waals surface area contributed by atoms with Crippen LogP contribution < -0.4 is 5.56 Å². The SMILES string of the molecule is C[C@@H]1CCCCN1C(=O)CSc1nc2ccsc2c(=O)n1-c1cccc(Cl)c1. The molecule has 5 nitrogen and oxygen atoms in total. The highest BCUT2D eigenvalue weighted by Crippen LogP contribution is 2.26. The van der Waals surface area contributed by atoms with Crippen LogP contribution in [0, 0.1) is 0 Å². The summed E-state index contributed by atoms with van der Waals surface area (Å²) in [6.07, 6.45) is 3.26. The molecule has 1 aliphatic heterocycles. The molecule has 1 saturated heterocycles. The van der Waals surface area contributed by atoms with Gasteiger partial charge in [0.1, 0.15) is 4.70 Å². The Balaban J connectivity index is 1.68. The average Bonchev–Trinajstić information content (AvgIpc) is 3.15.